The lowest BCUT2D eigenvalue weighted by Gasteiger charge is -2.09. The van der Waals surface area contributed by atoms with Crippen LogP contribution in [0.1, 0.15) is 16.1 Å². The molecule has 0 radical (unpaired) electrons. The number of methoxy groups -OCH3 is 1. The molecule has 1 aromatic heterocycles. The van der Waals surface area contributed by atoms with E-state index in [0.29, 0.717) is 32.9 Å². The highest BCUT2D eigenvalue weighted by atomic mass is 35.5. The van der Waals surface area contributed by atoms with Crippen molar-refractivity contribution in [2.75, 3.05) is 12.9 Å². The van der Waals surface area contributed by atoms with E-state index in [0.717, 1.165) is 11.8 Å². The minimum atomic E-state index is -0.412. The lowest BCUT2D eigenvalue weighted by molar-refractivity contribution is 0.102. The first-order valence-corrected chi connectivity index (χ1v) is 9.67. The molecule has 8 heteroatoms. The lowest BCUT2D eigenvalue weighted by atomic mass is 10.1. The maximum Gasteiger partial charge on any atom is 0.294 e. The lowest BCUT2D eigenvalue weighted by Crippen LogP contribution is -2.14. The molecule has 0 saturated carbocycles. The van der Waals surface area contributed by atoms with Gasteiger partial charge in [-0.05, 0) is 55.5 Å². The van der Waals surface area contributed by atoms with Gasteiger partial charge in [0.15, 0.2) is 10.9 Å². The summed E-state index contributed by atoms with van der Waals surface area (Å²) in [5.41, 5.74) is 0.571. The topological polar surface area (TPSA) is 81.3 Å². The SMILES string of the molecule is COc1ccc(Oc2c(C)nc(SCC(=O)c3ccc(Cl)cc3)[nH]c2=O)cc1. The third-order valence-corrected chi connectivity index (χ3v) is 4.94. The number of nitrogens with one attached hydrogen (secondary N) is 1. The smallest absolute Gasteiger partial charge is 0.294 e. The number of aromatic nitrogens is 2. The number of thioether (sulfide) groups is 1. The number of carbonyl (C=O) groups excluding carboxylic acids is 1. The van der Waals surface area contributed by atoms with E-state index >= 15 is 0 Å². The Labute approximate surface area is 170 Å². The van der Waals surface area contributed by atoms with Crippen molar-refractivity contribution in [1.29, 1.82) is 0 Å². The van der Waals surface area contributed by atoms with Gasteiger partial charge in [-0.1, -0.05) is 23.4 Å². The van der Waals surface area contributed by atoms with E-state index < -0.39 is 5.56 Å². The normalized spacial score (nSPS) is 10.5. The van der Waals surface area contributed by atoms with Gasteiger partial charge in [-0.15, -0.1) is 0 Å². The quantitative estimate of drug-likeness (QED) is 0.347. The van der Waals surface area contributed by atoms with E-state index in [9.17, 15) is 9.59 Å². The molecule has 6 nitrogen and oxygen atoms in total. The number of Topliss-reactive ketones (excluding diaryl/α,β-unsaturated/α-hetero) is 1. The second kappa shape index (κ2) is 8.95. The third kappa shape index (κ3) is 4.94. The number of ether oxygens (including phenoxy) is 2. The molecule has 0 bridgehead atoms. The number of benzene rings is 2. The number of halogens is 1. The summed E-state index contributed by atoms with van der Waals surface area (Å²) in [6.45, 7) is 1.68. The third-order valence-electron chi connectivity index (χ3n) is 3.81. The van der Waals surface area contributed by atoms with Gasteiger partial charge < -0.3 is 9.47 Å². The fraction of sp³-hybridized carbons (Fsp3) is 0.150. The highest BCUT2D eigenvalue weighted by Gasteiger charge is 2.13. The predicted octanol–water partition coefficient (Wildman–Crippen LogP) is 4.51. The molecular weight excluding hydrogens is 400 g/mol. The fourth-order valence-corrected chi connectivity index (χ4v) is 3.28. The van der Waals surface area contributed by atoms with Crippen LogP contribution >= 0.6 is 23.4 Å². The van der Waals surface area contributed by atoms with Crippen LogP contribution in [-0.2, 0) is 0 Å². The van der Waals surface area contributed by atoms with Crippen LogP contribution in [0.25, 0.3) is 0 Å². The largest absolute Gasteiger partial charge is 0.497 e. The minimum absolute atomic E-state index is 0.0828. The molecule has 0 amide bonds. The van der Waals surface area contributed by atoms with E-state index in [1.807, 2.05) is 0 Å². The van der Waals surface area contributed by atoms with Gasteiger partial charge in [0.1, 0.15) is 11.5 Å². The Balaban J connectivity index is 1.69. The van der Waals surface area contributed by atoms with Gasteiger partial charge in [0, 0.05) is 10.6 Å². The van der Waals surface area contributed by atoms with Gasteiger partial charge in [0.2, 0.25) is 5.75 Å². The van der Waals surface area contributed by atoms with Gasteiger partial charge >= 0.3 is 0 Å². The number of carbonyl (C=O) groups is 1. The maximum atomic E-state index is 12.4. The number of hydrogen-bond acceptors (Lipinski definition) is 6. The predicted molar refractivity (Wildman–Crippen MR) is 109 cm³/mol. The van der Waals surface area contributed by atoms with E-state index in [2.05, 4.69) is 9.97 Å². The zero-order chi connectivity index (χ0) is 20.1. The highest BCUT2D eigenvalue weighted by Crippen LogP contribution is 2.24. The number of aryl methyl sites for hydroxylation is 1. The summed E-state index contributed by atoms with van der Waals surface area (Å²) in [5, 5.41) is 0.921. The number of H-pyrrole nitrogens is 1. The summed E-state index contributed by atoms with van der Waals surface area (Å²) in [4.78, 5) is 31.6. The van der Waals surface area contributed by atoms with E-state index in [4.69, 9.17) is 21.1 Å². The number of aromatic amines is 1. The van der Waals surface area contributed by atoms with E-state index in [1.165, 1.54) is 0 Å². The molecule has 144 valence electrons. The Kier molecular flexibility index (Phi) is 6.38. The Morgan fingerprint density at radius 3 is 2.36 bits per heavy atom. The Morgan fingerprint density at radius 2 is 1.75 bits per heavy atom. The summed E-state index contributed by atoms with van der Waals surface area (Å²) in [6, 6.07) is 13.5. The summed E-state index contributed by atoms with van der Waals surface area (Å²) >= 11 is 6.98. The zero-order valence-electron chi connectivity index (χ0n) is 15.2. The number of ketones is 1. The molecule has 0 fully saturated rings. The molecule has 2 aromatic carbocycles. The molecule has 3 rings (SSSR count). The Bertz CT molecular complexity index is 1030. The first-order chi connectivity index (χ1) is 13.5. The maximum absolute atomic E-state index is 12.4. The molecule has 0 spiro atoms. The van der Waals surface area contributed by atoms with Crippen molar-refractivity contribution in [2.45, 2.75) is 12.1 Å². The van der Waals surface area contributed by atoms with Gasteiger partial charge in [-0.2, -0.15) is 0 Å². The van der Waals surface area contributed by atoms with Crippen LogP contribution in [0.3, 0.4) is 0 Å². The molecule has 0 aliphatic carbocycles. The first-order valence-electron chi connectivity index (χ1n) is 8.30. The standard InChI is InChI=1S/C20H17ClN2O4S/c1-12-18(27-16-9-7-15(26-2)8-10-16)19(25)23-20(22-12)28-11-17(24)13-3-5-14(21)6-4-13/h3-10H,11H2,1-2H3,(H,22,23,25). The van der Waals surface area contributed by atoms with Crippen LogP contribution in [0.2, 0.25) is 5.02 Å². The van der Waals surface area contributed by atoms with Crippen LogP contribution in [0.4, 0.5) is 0 Å². The molecule has 0 saturated heterocycles. The molecular formula is C20H17ClN2O4S. The monoisotopic (exact) mass is 416 g/mol. The average Bonchev–Trinajstić information content (AvgIpc) is 2.70. The van der Waals surface area contributed by atoms with Gasteiger partial charge in [-0.25, -0.2) is 4.98 Å². The minimum Gasteiger partial charge on any atom is -0.497 e. The van der Waals surface area contributed by atoms with Crippen molar-refractivity contribution in [3.63, 3.8) is 0 Å². The second-order valence-electron chi connectivity index (χ2n) is 5.78. The first kappa shape index (κ1) is 20.0. The van der Waals surface area contributed by atoms with E-state index in [1.54, 1.807) is 62.6 Å². The van der Waals surface area contributed by atoms with Crippen molar-refractivity contribution < 1.29 is 14.3 Å². The summed E-state index contributed by atoms with van der Waals surface area (Å²) < 4.78 is 10.7. The number of rotatable bonds is 7. The van der Waals surface area contributed by atoms with Crippen molar-refractivity contribution in [1.82, 2.24) is 9.97 Å². The van der Waals surface area contributed by atoms with Crippen molar-refractivity contribution in [2.24, 2.45) is 0 Å². The Hall–Kier alpha value is -2.77. The molecule has 1 heterocycles. The highest BCUT2D eigenvalue weighted by molar-refractivity contribution is 7.99. The zero-order valence-corrected chi connectivity index (χ0v) is 16.8. The Morgan fingerprint density at radius 1 is 1.11 bits per heavy atom. The van der Waals surface area contributed by atoms with Gasteiger partial charge in [-0.3, -0.25) is 14.6 Å². The van der Waals surface area contributed by atoms with Crippen LogP contribution < -0.4 is 15.0 Å². The fourth-order valence-electron chi connectivity index (χ4n) is 2.35. The second-order valence-corrected chi connectivity index (χ2v) is 7.18. The van der Waals surface area contributed by atoms with Crippen molar-refractivity contribution in [3.05, 3.63) is 75.2 Å². The summed E-state index contributed by atoms with van der Waals surface area (Å²) in [7, 11) is 1.57. The molecule has 0 aliphatic rings. The van der Waals surface area contributed by atoms with Crippen LogP contribution in [0.5, 0.6) is 17.2 Å². The van der Waals surface area contributed by atoms with Gasteiger partial charge in [0.05, 0.1) is 18.6 Å². The number of nitrogens with zero attached hydrogens (tertiary/aromatic N) is 1. The summed E-state index contributed by atoms with van der Waals surface area (Å²) in [6.07, 6.45) is 0. The molecule has 3 aromatic rings. The van der Waals surface area contributed by atoms with Crippen LogP contribution in [0, 0.1) is 6.92 Å². The van der Waals surface area contributed by atoms with E-state index in [-0.39, 0.29) is 17.3 Å². The molecule has 0 unspecified atom stereocenters. The molecule has 1 N–H and O–H groups in total. The van der Waals surface area contributed by atoms with Crippen molar-refractivity contribution >= 4 is 29.1 Å². The van der Waals surface area contributed by atoms with Crippen LogP contribution in [0.15, 0.2) is 58.5 Å². The molecule has 28 heavy (non-hydrogen) atoms. The molecule has 0 aliphatic heterocycles. The van der Waals surface area contributed by atoms with Crippen molar-refractivity contribution in [3.8, 4) is 17.2 Å². The number of hydrogen-bond donors (Lipinski definition) is 1. The van der Waals surface area contributed by atoms with Gasteiger partial charge in [0.25, 0.3) is 5.56 Å². The average molecular weight is 417 g/mol. The summed E-state index contributed by atoms with van der Waals surface area (Å²) in [5.74, 6) is 1.35. The molecule has 0 atom stereocenters. The van der Waals surface area contributed by atoms with Crippen LogP contribution in [-0.4, -0.2) is 28.6 Å².